The van der Waals surface area contributed by atoms with Gasteiger partial charge in [0.1, 0.15) is 10.6 Å². The minimum atomic E-state index is -1.02. The third kappa shape index (κ3) is 2.94. The lowest BCUT2D eigenvalue weighted by Crippen LogP contribution is -2.35. The van der Waals surface area contributed by atoms with Crippen LogP contribution in [0.2, 0.25) is 0 Å². The smallest absolute Gasteiger partial charge is 0.345 e. The monoisotopic (exact) mass is 344 g/mol. The Bertz CT molecular complexity index is 786. The number of morpholine rings is 1. The van der Waals surface area contributed by atoms with Gasteiger partial charge >= 0.3 is 5.97 Å². The van der Waals surface area contributed by atoms with Gasteiger partial charge < -0.3 is 19.5 Å². The molecule has 124 valence electrons. The first-order valence-electron chi connectivity index (χ1n) is 7.40. The molecule has 7 heteroatoms. The maximum absolute atomic E-state index is 11.7. The molecule has 0 unspecified atom stereocenters. The highest BCUT2D eigenvalue weighted by atomic mass is 32.1. The second-order valence-electron chi connectivity index (χ2n) is 5.20. The first-order valence-corrected chi connectivity index (χ1v) is 8.22. The van der Waals surface area contributed by atoms with E-state index in [1.165, 1.54) is 0 Å². The maximum Gasteiger partial charge on any atom is 0.345 e. The van der Waals surface area contributed by atoms with Crippen molar-refractivity contribution in [1.29, 1.82) is 0 Å². The first kappa shape index (κ1) is 16.3. The number of benzene rings is 1. The maximum atomic E-state index is 11.7. The number of carboxylic acid groups (broad SMARTS) is 1. The number of anilines is 1. The van der Waals surface area contributed by atoms with Crippen LogP contribution in [0.4, 0.5) is 10.7 Å². The van der Waals surface area contributed by atoms with Crippen molar-refractivity contribution < 1.29 is 19.4 Å². The normalized spacial score (nSPS) is 14.2. The summed E-state index contributed by atoms with van der Waals surface area (Å²) in [6, 6.07) is 7.09. The second kappa shape index (κ2) is 6.91. The van der Waals surface area contributed by atoms with Crippen molar-refractivity contribution >= 4 is 28.0 Å². The lowest BCUT2D eigenvalue weighted by molar-refractivity contribution is 0.0703. The molecule has 1 N–H and O–H groups in total. The molecule has 0 amide bonds. The van der Waals surface area contributed by atoms with E-state index in [-0.39, 0.29) is 4.88 Å². The molecule has 2 aromatic rings. The molecule has 6 nitrogen and oxygen atoms in total. The topological polar surface area (TPSA) is 63.4 Å². The molecular weight excluding hydrogens is 328 g/mol. The van der Waals surface area contributed by atoms with E-state index in [0.29, 0.717) is 53.9 Å². The van der Waals surface area contributed by atoms with Crippen LogP contribution >= 0.6 is 11.3 Å². The van der Waals surface area contributed by atoms with E-state index < -0.39 is 5.97 Å². The van der Waals surface area contributed by atoms with Crippen LogP contribution in [0.25, 0.3) is 16.0 Å². The van der Waals surface area contributed by atoms with E-state index in [4.69, 9.17) is 16.0 Å². The van der Waals surface area contributed by atoms with Crippen molar-refractivity contribution in [1.82, 2.24) is 0 Å². The fourth-order valence-electron chi connectivity index (χ4n) is 2.67. The van der Waals surface area contributed by atoms with Crippen molar-refractivity contribution in [2.75, 3.05) is 38.3 Å². The average Bonchev–Trinajstić information content (AvgIpc) is 3.02. The quantitative estimate of drug-likeness (QED) is 0.860. The summed E-state index contributed by atoms with van der Waals surface area (Å²) in [7, 11) is 1.57. The van der Waals surface area contributed by atoms with Gasteiger partial charge in [0.15, 0.2) is 0 Å². The van der Waals surface area contributed by atoms with Gasteiger partial charge in [0.25, 0.3) is 0 Å². The minimum Gasteiger partial charge on any atom is -0.497 e. The van der Waals surface area contributed by atoms with Crippen molar-refractivity contribution in [2.24, 2.45) is 0 Å². The predicted molar refractivity (Wildman–Crippen MR) is 92.6 cm³/mol. The molecule has 0 aliphatic carbocycles. The number of carboxylic acids is 1. The fourth-order valence-corrected chi connectivity index (χ4v) is 3.82. The van der Waals surface area contributed by atoms with Crippen molar-refractivity contribution in [2.45, 2.75) is 0 Å². The zero-order chi connectivity index (χ0) is 17.1. The van der Waals surface area contributed by atoms with E-state index in [0.717, 1.165) is 11.3 Å². The van der Waals surface area contributed by atoms with Crippen molar-refractivity contribution in [3.05, 3.63) is 40.6 Å². The summed E-state index contributed by atoms with van der Waals surface area (Å²) in [5.74, 6) is -0.334. The summed E-state index contributed by atoms with van der Waals surface area (Å²) in [6.45, 7) is 10.1. The number of hydrogen-bond acceptors (Lipinski definition) is 5. The molecular formula is C17H16N2O4S. The van der Waals surface area contributed by atoms with Gasteiger partial charge in [-0.1, -0.05) is 12.1 Å². The summed E-state index contributed by atoms with van der Waals surface area (Å²) >= 11 is 1.16. The zero-order valence-electron chi connectivity index (χ0n) is 13.1. The predicted octanol–water partition coefficient (Wildman–Crippen LogP) is 3.51. The van der Waals surface area contributed by atoms with Gasteiger partial charge in [0, 0.05) is 18.7 Å². The van der Waals surface area contributed by atoms with Crippen LogP contribution in [0.15, 0.2) is 24.3 Å². The van der Waals surface area contributed by atoms with Gasteiger partial charge in [-0.05, 0) is 17.7 Å². The lowest BCUT2D eigenvalue weighted by Gasteiger charge is -2.28. The highest BCUT2D eigenvalue weighted by Crippen LogP contribution is 2.48. The third-order valence-corrected chi connectivity index (χ3v) is 5.08. The number of rotatable bonds is 4. The second-order valence-corrected chi connectivity index (χ2v) is 6.20. The van der Waals surface area contributed by atoms with Gasteiger partial charge in [-0.3, -0.25) is 0 Å². The Morgan fingerprint density at radius 2 is 2.00 bits per heavy atom. The number of ether oxygens (including phenoxy) is 2. The van der Waals surface area contributed by atoms with Crippen molar-refractivity contribution in [3.63, 3.8) is 0 Å². The Morgan fingerprint density at radius 1 is 1.33 bits per heavy atom. The number of methoxy groups -OCH3 is 1. The summed E-state index contributed by atoms with van der Waals surface area (Å²) in [5.41, 5.74) is 1.58. The molecule has 1 fully saturated rings. The molecule has 0 bridgehead atoms. The Labute approximate surface area is 143 Å². The van der Waals surface area contributed by atoms with E-state index in [9.17, 15) is 9.90 Å². The largest absolute Gasteiger partial charge is 0.497 e. The summed E-state index contributed by atoms with van der Waals surface area (Å²) < 4.78 is 10.5. The molecule has 0 saturated carbocycles. The Hall–Kier alpha value is -2.56. The molecule has 0 spiro atoms. The van der Waals surface area contributed by atoms with Crippen LogP contribution in [0.1, 0.15) is 9.67 Å². The fraction of sp³-hybridized carbons (Fsp3) is 0.294. The summed E-state index contributed by atoms with van der Waals surface area (Å²) in [5, 5.41) is 10.3. The number of hydrogen-bond donors (Lipinski definition) is 1. The molecule has 1 saturated heterocycles. The van der Waals surface area contributed by atoms with Crippen LogP contribution in [-0.2, 0) is 4.74 Å². The van der Waals surface area contributed by atoms with E-state index in [1.54, 1.807) is 31.4 Å². The minimum absolute atomic E-state index is 0.188. The molecule has 0 atom stereocenters. The van der Waals surface area contributed by atoms with E-state index in [1.807, 2.05) is 4.90 Å². The Morgan fingerprint density at radius 3 is 2.54 bits per heavy atom. The number of carbonyl (C=O) groups is 1. The SMILES string of the molecule is [C-]#[N+]c1c(N2CCOCC2)sc(C(=O)O)c1-c1ccc(OC)cc1. The van der Waals surface area contributed by atoms with Crippen LogP contribution in [0.3, 0.4) is 0 Å². The molecule has 2 heterocycles. The van der Waals surface area contributed by atoms with Gasteiger partial charge in [-0.25, -0.2) is 9.64 Å². The third-order valence-electron chi connectivity index (χ3n) is 3.85. The molecule has 3 rings (SSSR count). The van der Waals surface area contributed by atoms with Crippen LogP contribution in [0, 0.1) is 6.57 Å². The first-order chi connectivity index (χ1) is 11.7. The molecule has 1 aliphatic rings. The highest BCUT2D eigenvalue weighted by molar-refractivity contribution is 7.19. The molecule has 0 radical (unpaired) electrons. The number of thiophene rings is 1. The summed E-state index contributed by atoms with van der Waals surface area (Å²) in [6.07, 6.45) is 0. The molecule has 24 heavy (non-hydrogen) atoms. The highest BCUT2D eigenvalue weighted by Gasteiger charge is 2.27. The van der Waals surface area contributed by atoms with Crippen LogP contribution in [0.5, 0.6) is 5.75 Å². The van der Waals surface area contributed by atoms with Crippen molar-refractivity contribution in [3.8, 4) is 16.9 Å². The van der Waals surface area contributed by atoms with Gasteiger partial charge in [0.2, 0.25) is 5.69 Å². The average molecular weight is 344 g/mol. The standard InChI is InChI=1S/C17H16N2O4S/c1-18-14-13(11-3-5-12(22-2)6-4-11)15(17(20)21)24-16(14)19-7-9-23-10-8-19/h3-6H,7-10H2,2H3,(H,20,21). The molecule has 1 aromatic carbocycles. The van der Waals surface area contributed by atoms with E-state index in [2.05, 4.69) is 4.85 Å². The van der Waals surface area contributed by atoms with Gasteiger partial charge in [-0.2, -0.15) is 0 Å². The van der Waals surface area contributed by atoms with Gasteiger partial charge in [0.05, 0.1) is 31.9 Å². The van der Waals surface area contributed by atoms with Gasteiger partial charge in [-0.15, -0.1) is 11.3 Å². The zero-order valence-corrected chi connectivity index (χ0v) is 13.9. The molecule has 1 aromatic heterocycles. The number of nitrogens with zero attached hydrogens (tertiary/aromatic N) is 2. The number of aromatic carboxylic acids is 1. The summed E-state index contributed by atoms with van der Waals surface area (Å²) in [4.78, 5) is 17.6. The van der Waals surface area contributed by atoms with E-state index >= 15 is 0 Å². The Balaban J connectivity index is 2.13. The lowest BCUT2D eigenvalue weighted by atomic mass is 10.0. The van der Waals surface area contributed by atoms with Crippen LogP contribution < -0.4 is 9.64 Å². The molecule has 1 aliphatic heterocycles. The Kier molecular flexibility index (Phi) is 4.69. The van der Waals surface area contributed by atoms with Crippen LogP contribution in [-0.4, -0.2) is 44.5 Å².